The molecule has 5 aromatic rings. The Bertz CT molecular complexity index is 1230. The summed E-state index contributed by atoms with van der Waals surface area (Å²) in [4.78, 5) is 9.28. The van der Waals surface area contributed by atoms with Crippen LogP contribution >= 0.6 is 15.9 Å². The maximum Gasteiger partial charge on any atom is 0.148 e. The molecule has 3 aromatic heterocycles. The fourth-order valence-electron chi connectivity index (χ4n) is 3.37. The Morgan fingerprint density at radius 2 is 1.50 bits per heavy atom. The molecular weight excluding hydrogens is 386 g/mol. The first-order chi connectivity index (χ1) is 12.8. The molecule has 0 aliphatic carbocycles. The molecule has 0 bridgehead atoms. The average molecular weight is 400 g/mol. The molecule has 4 heteroatoms. The zero-order valence-electron chi connectivity index (χ0n) is 13.8. The van der Waals surface area contributed by atoms with Gasteiger partial charge in [-0.15, -0.1) is 0 Å². The van der Waals surface area contributed by atoms with Crippen LogP contribution in [-0.2, 0) is 0 Å². The molecule has 0 atom stereocenters. The Balaban J connectivity index is 1.74. The van der Waals surface area contributed by atoms with Gasteiger partial charge in [0, 0.05) is 17.3 Å². The number of fused-ring (bicyclic) bond motifs is 3. The van der Waals surface area contributed by atoms with Gasteiger partial charge in [-0.05, 0) is 63.5 Å². The van der Waals surface area contributed by atoms with Crippen LogP contribution in [0.5, 0.6) is 0 Å². The van der Waals surface area contributed by atoms with Crippen LogP contribution in [0.4, 0.5) is 0 Å². The van der Waals surface area contributed by atoms with E-state index in [-0.39, 0.29) is 0 Å². The fourth-order valence-corrected chi connectivity index (χ4v) is 3.67. The van der Waals surface area contributed by atoms with Gasteiger partial charge >= 0.3 is 0 Å². The van der Waals surface area contributed by atoms with Gasteiger partial charge in [0.2, 0.25) is 0 Å². The predicted molar refractivity (Wildman–Crippen MR) is 110 cm³/mol. The first-order valence-corrected chi connectivity index (χ1v) is 9.18. The summed E-state index contributed by atoms with van der Waals surface area (Å²) >= 11 is 3.49. The van der Waals surface area contributed by atoms with E-state index >= 15 is 0 Å². The summed E-state index contributed by atoms with van der Waals surface area (Å²) < 4.78 is 2.98. The Hall–Kier alpha value is -2.98. The van der Waals surface area contributed by atoms with Crippen LogP contribution < -0.4 is 0 Å². The second-order valence-electron chi connectivity index (χ2n) is 6.12. The monoisotopic (exact) mass is 399 g/mol. The fraction of sp³-hybridized carbons (Fsp3) is 0. The maximum atomic E-state index is 4.71. The topological polar surface area (TPSA) is 30.7 Å². The molecule has 0 unspecified atom stereocenters. The third-order valence-corrected chi connectivity index (χ3v) is 5.01. The molecule has 0 N–H and O–H groups in total. The second kappa shape index (κ2) is 6.07. The summed E-state index contributed by atoms with van der Waals surface area (Å²) in [6.07, 6.45) is 1.83. The smallest absolute Gasteiger partial charge is 0.148 e. The van der Waals surface area contributed by atoms with Gasteiger partial charge in [0.1, 0.15) is 10.3 Å². The van der Waals surface area contributed by atoms with E-state index in [4.69, 9.17) is 4.98 Å². The van der Waals surface area contributed by atoms with Crippen molar-refractivity contribution in [3.05, 3.63) is 89.7 Å². The molecule has 0 aliphatic rings. The van der Waals surface area contributed by atoms with Crippen molar-refractivity contribution in [2.45, 2.75) is 0 Å². The highest BCUT2D eigenvalue weighted by Gasteiger charge is 2.14. The molecule has 0 saturated carbocycles. The number of hydrogen-bond donors (Lipinski definition) is 0. The molecule has 3 heterocycles. The summed E-state index contributed by atoms with van der Waals surface area (Å²) in [5.41, 5.74) is 6.41. The zero-order chi connectivity index (χ0) is 17.5. The highest BCUT2D eigenvalue weighted by atomic mass is 79.9. The Labute approximate surface area is 159 Å². The van der Waals surface area contributed by atoms with Crippen molar-refractivity contribution in [2.75, 3.05) is 0 Å². The average Bonchev–Trinajstić information content (AvgIpc) is 3.02. The molecule has 0 spiro atoms. The Morgan fingerprint density at radius 1 is 0.731 bits per heavy atom. The van der Waals surface area contributed by atoms with Gasteiger partial charge < -0.3 is 0 Å². The maximum absolute atomic E-state index is 4.71. The van der Waals surface area contributed by atoms with Gasteiger partial charge in [-0.25, -0.2) is 4.98 Å². The summed E-state index contributed by atoms with van der Waals surface area (Å²) in [5, 5.41) is 1.05. The normalized spacial score (nSPS) is 11.3. The summed E-state index contributed by atoms with van der Waals surface area (Å²) in [6, 6.07) is 27.0. The van der Waals surface area contributed by atoms with Gasteiger partial charge in [-0.2, -0.15) is 0 Å². The lowest BCUT2D eigenvalue weighted by molar-refractivity contribution is 1.12. The number of rotatable bonds is 2. The molecular formula is C22H14BrN3. The standard InChI is InChI=1S/C22H14BrN3/c23-20-13-12-18-21-19(7-4-14-24-21)26(22(18)25-20)17-10-8-16(9-11-17)15-5-2-1-3-6-15/h1-14H. The van der Waals surface area contributed by atoms with E-state index in [0.29, 0.717) is 0 Å². The van der Waals surface area contributed by atoms with Crippen LogP contribution in [0.3, 0.4) is 0 Å². The molecule has 3 nitrogen and oxygen atoms in total. The molecule has 0 fully saturated rings. The van der Waals surface area contributed by atoms with Crippen molar-refractivity contribution in [1.29, 1.82) is 0 Å². The summed E-state index contributed by atoms with van der Waals surface area (Å²) in [7, 11) is 0. The van der Waals surface area contributed by atoms with E-state index in [0.717, 1.165) is 32.4 Å². The zero-order valence-corrected chi connectivity index (χ0v) is 15.4. The number of aromatic nitrogens is 3. The van der Waals surface area contributed by atoms with Gasteiger partial charge in [0.25, 0.3) is 0 Å². The van der Waals surface area contributed by atoms with Gasteiger partial charge in [0.05, 0.1) is 11.0 Å². The quantitative estimate of drug-likeness (QED) is 0.340. The van der Waals surface area contributed by atoms with Crippen molar-refractivity contribution in [3.63, 3.8) is 0 Å². The molecule has 124 valence electrons. The van der Waals surface area contributed by atoms with E-state index in [2.05, 4.69) is 86.1 Å². The lowest BCUT2D eigenvalue weighted by Gasteiger charge is -2.08. The first kappa shape index (κ1) is 15.3. The van der Waals surface area contributed by atoms with Crippen molar-refractivity contribution in [2.24, 2.45) is 0 Å². The van der Waals surface area contributed by atoms with Crippen molar-refractivity contribution in [3.8, 4) is 16.8 Å². The number of nitrogens with zero attached hydrogens (tertiary/aromatic N) is 3. The van der Waals surface area contributed by atoms with Gasteiger partial charge in [-0.1, -0.05) is 42.5 Å². The minimum atomic E-state index is 0.815. The number of halogens is 1. The highest BCUT2D eigenvalue weighted by molar-refractivity contribution is 9.10. The second-order valence-corrected chi connectivity index (χ2v) is 6.94. The number of pyridine rings is 2. The molecule has 0 amide bonds. The van der Waals surface area contributed by atoms with Crippen molar-refractivity contribution >= 4 is 38.0 Å². The molecule has 0 radical (unpaired) electrons. The summed E-state index contributed by atoms with van der Waals surface area (Å²) in [6.45, 7) is 0. The van der Waals surface area contributed by atoms with Crippen LogP contribution in [0.1, 0.15) is 0 Å². The molecule has 0 aliphatic heterocycles. The molecule has 26 heavy (non-hydrogen) atoms. The Morgan fingerprint density at radius 3 is 2.31 bits per heavy atom. The van der Waals surface area contributed by atoms with E-state index in [9.17, 15) is 0 Å². The lowest BCUT2D eigenvalue weighted by Crippen LogP contribution is -1.95. The van der Waals surface area contributed by atoms with Crippen LogP contribution in [-0.4, -0.2) is 14.5 Å². The first-order valence-electron chi connectivity index (χ1n) is 8.39. The van der Waals surface area contributed by atoms with Crippen LogP contribution in [0.15, 0.2) is 89.7 Å². The van der Waals surface area contributed by atoms with Crippen LogP contribution in [0.2, 0.25) is 0 Å². The third kappa shape index (κ3) is 2.42. The largest absolute Gasteiger partial charge is 0.292 e. The van der Waals surface area contributed by atoms with Gasteiger partial charge in [0.15, 0.2) is 0 Å². The summed E-state index contributed by atoms with van der Waals surface area (Å²) in [5.74, 6) is 0. The molecule has 0 saturated heterocycles. The molecule has 2 aromatic carbocycles. The minimum Gasteiger partial charge on any atom is -0.292 e. The van der Waals surface area contributed by atoms with Crippen molar-refractivity contribution in [1.82, 2.24) is 14.5 Å². The van der Waals surface area contributed by atoms with E-state index in [1.54, 1.807) is 0 Å². The minimum absolute atomic E-state index is 0.815. The number of benzene rings is 2. The Kier molecular flexibility index (Phi) is 3.57. The SMILES string of the molecule is Brc1ccc2c3ncccc3n(-c3ccc(-c4ccccc4)cc3)c2n1. The molecule has 5 rings (SSSR count). The highest BCUT2D eigenvalue weighted by Crippen LogP contribution is 2.31. The lowest BCUT2D eigenvalue weighted by atomic mass is 10.1. The number of hydrogen-bond acceptors (Lipinski definition) is 2. The van der Waals surface area contributed by atoms with Gasteiger partial charge in [-0.3, -0.25) is 9.55 Å². The van der Waals surface area contributed by atoms with Crippen LogP contribution in [0.25, 0.3) is 38.9 Å². The van der Waals surface area contributed by atoms with Crippen LogP contribution in [0, 0.1) is 0 Å². The van der Waals surface area contributed by atoms with E-state index in [1.807, 2.05) is 24.4 Å². The van der Waals surface area contributed by atoms with E-state index < -0.39 is 0 Å². The third-order valence-electron chi connectivity index (χ3n) is 4.57. The van der Waals surface area contributed by atoms with Crippen molar-refractivity contribution < 1.29 is 0 Å². The predicted octanol–water partition coefficient (Wildman–Crippen LogP) is 6.00. The van der Waals surface area contributed by atoms with E-state index in [1.165, 1.54) is 11.1 Å².